The average molecular weight is 331 g/mol. The minimum atomic E-state index is 0. The lowest BCUT2D eigenvalue weighted by molar-refractivity contribution is -0.123. The van der Waals surface area contributed by atoms with Gasteiger partial charge in [-0.1, -0.05) is 26.7 Å². The number of carbonyl (C=O) groups is 1. The van der Waals surface area contributed by atoms with Gasteiger partial charge < -0.3 is 10.6 Å². The van der Waals surface area contributed by atoms with Crippen LogP contribution in [-0.2, 0) is 4.79 Å². The predicted octanol–water partition coefficient (Wildman–Crippen LogP) is 3.91. The summed E-state index contributed by atoms with van der Waals surface area (Å²) in [6, 6.07) is 0.450. The molecule has 0 radical (unpaired) electrons. The van der Waals surface area contributed by atoms with Gasteiger partial charge in [0.25, 0.3) is 0 Å². The van der Waals surface area contributed by atoms with Crippen LogP contribution in [0.4, 0.5) is 0 Å². The normalized spacial score (nSPS) is 27.7. The first-order chi connectivity index (χ1) is 10.2. The maximum Gasteiger partial charge on any atom is 0.220 e. The van der Waals surface area contributed by atoms with Crippen LogP contribution in [0.5, 0.6) is 0 Å². The summed E-state index contributed by atoms with van der Waals surface area (Å²) in [7, 11) is 0. The fraction of sp³-hybridized carbons (Fsp3) is 0.944. The molecule has 22 heavy (non-hydrogen) atoms. The Bertz CT molecular complexity index is 310. The maximum atomic E-state index is 12.2. The summed E-state index contributed by atoms with van der Waals surface area (Å²) >= 11 is 0. The van der Waals surface area contributed by atoms with Gasteiger partial charge in [0.1, 0.15) is 0 Å². The highest BCUT2D eigenvalue weighted by Crippen LogP contribution is 2.28. The zero-order chi connectivity index (χ0) is 15.1. The van der Waals surface area contributed by atoms with Gasteiger partial charge in [-0.3, -0.25) is 4.79 Å². The summed E-state index contributed by atoms with van der Waals surface area (Å²) in [6.07, 6.45) is 10.9. The van der Waals surface area contributed by atoms with E-state index >= 15 is 0 Å². The molecule has 2 fully saturated rings. The molecule has 1 unspecified atom stereocenters. The first kappa shape index (κ1) is 19.8. The van der Waals surface area contributed by atoms with Crippen molar-refractivity contribution < 1.29 is 4.79 Å². The van der Waals surface area contributed by atoms with Gasteiger partial charge in [0.15, 0.2) is 0 Å². The van der Waals surface area contributed by atoms with Crippen LogP contribution in [0.25, 0.3) is 0 Å². The molecule has 1 saturated carbocycles. The van der Waals surface area contributed by atoms with E-state index in [1.807, 2.05) is 0 Å². The van der Waals surface area contributed by atoms with E-state index in [0.717, 1.165) is 31.3 Å². The number of halogens is 1. The second-order valence-corrected chi connectivity index (χ2v) is 7.34. The summed E-state index contributed by atoms with van der Waals surface area (Å²) in [6.45, 7) is 6.78. The smallest absolute Gasteiger partial charge is 0.220 e. The highest BCUT2D eigenvalue weighted by atomic mass is 35.5. The van der Waals surface area contributed by atoms with Gasteiger partial charge in [-0.15, -0.1) is 12.4 Å². The quantitative estimate of drug-likeness (QED) is 0.775. The van der Waals surface area contributed by atoms with E-state index in [9.17, 15) is 4.79 Å². The molecule has 4 heteroatoms. The highest BCUT2D eigenvalue weighted by molar-refractivity contribution is 5.85. The van der Waals surface area contributed by atoms with Crippen molar-refractivity contribution >= 4 is 18.3 Å². The van der Waals surface area contributed by atoms with Crippen molar-refractivity contribution in [3.8, 4) is 0 Å². The molecule has 0 aromatic carbocycles. The van der Waals surface area contributed by atoms with Crippen LogP contribution in [0.1, 0.15) is 71.6 Å². The topological polar surface area (TPSA) is 41.1 Å². The van der Waals surface area contributed by atoms with Crippen LogP contribution in [0.15, 0.2) is 0 Å². The fourth-order valence-electron chi connectivity index (χ4n) is 4.16. The Morgan fingerprint density at radius 2 is 1.77 bits per heavy atom. The number of hydrogen-bond donors (Lipinski definition) is 2. The first-order valence-corrected chi connectivity index (χ1v) is 9.19. The van der Waals surface area contributed by atoms with E-state index in [1.54, 1.807) is 0 Å². The Hall–Kier alpha value is -0.280. The Balaban J connectivity index is 0.00000242. The minimum absolute atomic E-state index is 0. The third-order valence-corrected chi connectivity index (χ3v) is 5.60. The molecule has 0 aromatic heterocycles. The molecule has 2 rings (SSSR count). The molecular weight excluding hydrogens is 296 g/mol. The van der Waals surface area contributed by atoms with Crippen LogP contribution in [0.3, 0.4) is 0 Å². The molecule has 2 N–H and O–H groups in total. The minimum Gasteiger partial charge on any atom is -0.353 e. The summed E-state index contributed by atoms with van der Waals surface area (Å²) in [5.74, 6) is 2.47. The fourth-order valence-corrected chi connectivity index (χ4v) is 4.16. The second kappa shape index (κ2) is 10.5. The Morgan fingerprint density at radius 3 is 2.36 bits per heavy atom. The highest BCUT2D eigenvalue weighted by Gasteiger charge is 2.25. The molecule has 1 saturated heterocycles. The third kappa shape index (κ3) is 6.45. The van der Waals surface area contributed by atoms with Crippen molar-refractivity contribution in [2.24, 2.45) is 17.8 Å². The SMILES string of the molecule is CCCC1CCC(NC(=O)CC(C)C2CCNCC2)CC1.Cl. The number of hydrogen-bond acceptors (Lipinski definition) is 2. The molecule has 1 amide bonds. The third-order valence-electron chi connectivity index (χ3n) is 5.60. The van der Waals surface area contributed by atoms with Gasteiger partial charge in [0.05, 0.1) is 0 Å². The lowest BCUT2D eigenvalue weighted by Gasteiger charge is -2.31. The Morgan fingerprint density at radius 1 is 1.14 bits per heavy atom. The van der Waals surface area contributed by atoms with E-state index < -0.39 is 0 Å². The summed E-state index contributed by atoms with van der Waals surface area (Å²) in [5, 5.41) is 6.70. The van der Waals surface area contributed by atoms with Crippen LogP contribution in [-0.4, -0.2) is 25.0 Å². The molecule has 1 atom stereocenters. The molecule has 2 aliphatic rings. The summed E-state index contributed by atoms with van der Waals surface area (Å²) < 4.78 is 0. The predicted molar refractivity (Wildman–Crippen MR) is 95.4 cm³/mol. The van der Waals surface area contributed by atoms with Crippen molar-refractivity contribution in [3.05, 3.63) is 0 Å². The lowest BCUT2D eigenvalue weighted by atomic mass is 9.82. The van der Waals surface area contributed by atoms with Crippen molar-refractivity contribution in [2.45, 2.75) is 77.7 Å². The van der Waals surface area contributed by atoms with Crippen LogP contribution < -0.4 is 10.6 Å². The monoisotopic (exact) mass is 330 g/mol. The number of rotatable bonds is 6. The van der Waals surface area contributed by atoms with E-state index in [2.05, 4.69) is 24.5 Å². The van der Waals surface area contributed by atoms with Gasteiger partial charge >= 0.3 is 0 Å². The second-order valence-electron chi connectivity index (χ2n) is 7.34. The zero-order valence-corrected chi connectivity index (χ0v) is 15.2. The molecule has 1 aliphatic carbocycles. The Labute approximate surface area is 142 Å². The van der Waals surface area contributed by atoms with Gasteiger partial charge in [0.2, 0.25) is 5.91 Å². The molecule has 130 valence electrons. The molecule has 0 spiro atoms. The van der Waals surface area contributed by atoms with Gasteiger partial charge in [-0.2, -0.15) is 0 Å². The standard InChI is InChI=1S/C18H34N2O.ClH/c1-3-4-15-5-7-17(8-6-15)20-18(21)13-14(2)16-9-11-19-12-10-16;/h14-17,19H,3-13H2,1-2H3,(H,20,21);1H. The van der Waals surface area contributed by atoms with Crippen molar-refractivity contribution in [1.82, 2.24) is 10.6 Å². The van der Waals surface area contributed by atoms with Crippen LogP contribution in [0, 0.1) is 17.8 Å². The molecule has 1 aliphatic heterocycles. The van der Waals surface area contributed by atoms with Crippen molar-refractivity contribution in [2.75, 3.05) is 13.1 Å². The number of nitrogens with one attached hydrogen (secondary N) is 2. The average Bonchev–Trinajstić information content (AvgIpc) is 2.50. The summed E-state index contributed by atoms with van der Waals surface area (Å²) in [5.41, 5.74) is 0. The molecule has 0 bridgehead atoms. The number of carbonyl (C=O) groups excluding carboxylic acids is 1. The number of piperidine rings is 1. The van der Waals surface area contributed by atoms with Crippen LogP contribution in [0.2, 0.25) is 0 Å². The van der Waals surface area contributed by atoms with Crippen molar-refractivity contribution in [3.63, 3.8) is 0 Å². The lowest BCUT2D eigenvalue weighted by Crippen LogP contribution is -2.39. The first-order valence-electron chi connectivity index (χ1n) is 9.19. The van der Waals surface area contributed by atoms with E-state index in [0.29, 0.717) is 17.9 Å². The molecule has 1 heterocycles. The Kier molecular flexibility index (Phi) is 9.42. The molecule has 3 nitrogen and oxygen atoms in total. The van der Waals surface area contributed by atoms with Gasteiger partial charge in [-0.05, 0) is 69.4 Å². The molecule has 0 aromatic rings. The van der Waals surface area contributed by atoms with E-state index in [-0.39, 0.29) is 12.4 Å². The largest absolute Gasteiger partial charge is 0.353 e. The van der Waals surface area contributed by atoms with E-state index in [1.165, 1.54) is 51.4 Å². The zero-order valence-electron chi connectivity index (χ0n) is 14.4. The van der Waals surface area contributed by atoms with Crippen LogP contribution >= 0.6 is 12.4 Å². The summed E-state index contributed by atoms with van der Waals surface area (Å²) in [4.78, 5) is 12.2. The maximum absolute atomic E-state index is 12.2. The van der Waals surface area contributed by atoms with Gasteiger partial charge in [-0.25, -0.2) is 0 Å². The number of amides is 1. The van der Waals surface area contributed by atoms with Crippen molar-refractivity contribution in [1.29, 1.82) is 0 Å². The molecular formula is C18H35ClN2O. The van der Waals surface area contributed by atoms with Gasteiger partial charge in [0, 0.05) is 12.5 Å². The van der Waals surface area contributed by atoms with E-state index in [4.69, 9.17) is 0 Å².